The molecule has 2 rings (SSSR count). The maximum absolute atomic E-state index is 11.6. The molecule has 2 aromatic rings. The van der Waals surface area contributed by atoms with Crippen LogP contribution in [0.15, 0.2) is 29.1 Å². The molecule has 0 fully saturated rings. The van der Waals surface area contributed by atoms with Gasteiger partial charge in [0, 0.05) is 0 Å². The molecule has 0 saturated carbocycles. The fraction of sp³-hybridized carbons (Fsp3) is 0.167. The van der Waals surface area contributed by atoms with Gasteiger partial charge in [0.05, 0.1) is 6.54 Å². The molecule has 1 heterocycles. The predicted octanol–water partition coefficient (Wildman–Crippen LogP) is 0.987. The Kier molecular flexibility index (Phi) is 2.71. The van der Waals surface area contributed by atoms with Crippen LogP contribution in [-0.4, -0.2) is 9.55 Å². The Morgan fingerprint density at radius 3 is 2.59 bits per heavy atom. The fourth-order valence-electron chi connectivity index (χ4n) is 1.60. The molecule has 17 heavy (non-hydrogen) atoms. The molecule has 1 aromatic heterocycles. The van der Waals surface area contributed by atoms with Crippen LogP contribution >= 0.6 is 0 Å². The van der Waals surface area contributed by atoms with E-state index in [4.69, 9.17) is 11.0 Å². The van der Waals surface area contributed by atoms with Crippen LogP contribution in [0.3, 0.4) is 0 Å². The number of hydrogen-bond donors (Lipinski definition) is 2. The highest BCUT2D eigenvalue weighted by Crippen LogP contribution is 2.09. The van der Waals surface area contributed by atoms with E-state index in [2.05, 4.69) is 4.98 Å². The lowest BCUT2D eigenvalue weighted by molar-refractivity contribution is 0.771. The van der Waals surface area contributed by atoms with Crippen molar-refractivity contribution in [2.45, 2.75) is 13.5 Å². The van der Waals surface area contributed by atoms with E-state index in [-0.39, 0.29) is 17.2 Å². The van der Waals surface area contributed by atoms with E-state index in [1.165, 1.54) is 4.57 Å². The smallest absolute Gasteiger partial charge is 0.328 e. The molecule has 5 heteroatoms. The highest BCUT2D eigenvalue weighted by Gasteiger charge is 2.10. The maximum Gasteiger partial charge on any atom is 0.328 e. The number of rotatable bonds is 2. The summed E-state index contributed by atoms with van der Waals surface area (Å²) in [7, 11) is 0. The molecule has 0 spiro atoms. The van der Waals surface area contributed by atoms with E-state index >= 15 is 0 Å². The van der Waals surface area contributed by atoms with Gasteiger partial charge >= 0.3 is 5.69 Å². The number of H-pyrrole nitrogens is 1. The van der Waals surface area contributed by atoms with E-state index in [1.807, 2.05) is 37.3 Å². The number of nitrogens with zero attached hydrogens (tertiary/aromatic N) is 2. The number of benzene rings is 1. The number of anilines is 1. The molecule has 1 aromatic carbocycles. The van der Waals surface area contributed by atoms with Crippen LogP contribution in [0.1, 0.15) is 16.8 Å². The van der Waals surface area contributed by atoms with E-state index in [0.717, 1.165) is 11.1 Å². The van der Waals surface area contributed by atoms with Crippen molar-refractivity contribution >= 4 is 5.82 Å². The normalized spacial score (nSPS) is 10.1. The molecule has 0 bridgehead atoms. The Labute approximate surface area is 98.1 Å². The number of nitrogen functional groups attached to an aromatic ring is 1. The van der Waals surface area contributed by atoms with Crippen molar-refractivity contribution in [2.75, 3.05) is 5.73 Å². The van der Waals surface area contributed by atoms with Crippen molar-refractivity contribution in [2.24, 2.45) is 0 Å². The first-order chi connectivity index (χ1) is 8.11. The number of aromatic amines is 1. The summed E-state index contributed by atoms with van der Waals surface area (Å²) < 4.78 is 1.35. The van der Waals surface area contributed by atoms with E-state index in [0.29, 0.717) is 6.54 Å². The van der Waals surface area contributed by atoms with Crippen LogP contribution in [-0.2, 0) is 6.54 Å². The van der Waals surface area contributed by atoms with E-state index in [1.54, 1.807) is 0 Å². The van der Waals surface area contributed by atoms with Crippen molar-refractivity contribution in [3.05, 3.63) is 51.6 Å². The summed E-state index contributed by atoms with van der Waals surface area (Å²) in [5, 5.41) is 8.75. The zero-order chi connectivity index (χ0) is 12.4. The number of nitriles is 1. The zero-order valence-corrected chi connectivity index (χ0v) is 9.40. The molecule has 0 atom stereocenters. The molecule has 0 unspecified atom stereocenters. The van der Waals surface area contributed by atoms with Gasteiger partial charge in [0.25, 0.3) is 0 Å². The average molecular weight is 228 g/mol. The van der Waals surface area contributed by atoms with Gasteiger partial charge in [-0.25, -0.2) is 4.79 Å². The highest BCUT2D eigenvalue weighted by molar-refractivity contribution is 5.44. The van der Waals surface area contributed by atoms with Gasteiger partial charge in [-0.2, -0.15) is 5.26 Å². The predicted molar refractivity (Wildman–Crippen MR) is 64.5 cm³/mol. The summed E-state index contributed by atoms with van der Waals surface area (Å²) in [5.74, 6) is 0.179. The summed E-state index contributed by atoms with van der Waals surface area (Å²) in [6.45, 7) is 2.36. The summed E-state index contributed by atoms with van der Waals surface area (Å²) in [5.41, 5.74) is 7.57. The average Bonchev–Trinajstić information content (AvgIpc) is 2.59. The monoisotopic (exact) mass is 228 g/mol. The summed E-state index contributed by atoms with van der Waals surface area (Å²) >= 11 is 0. The standard InChI is InChI=1S/C12H12N4O/c1-8-2-4-9(5-3-8)7-16-11(14)10(6-13)15-12(16)17/h2-5H,7,14H2,1H3,(H,15,17). The Morgan fingerprint density at radius 1 is 1.41 bits per heavy atom. The summed E-state index contributed by atoms with van der Waals surface area (Å²) in [6, 6.07) is 9.64. The number of imidazole rings is 1. The van der Waals surface area contributed by atoms with Gasteiger partial charge in [0.1, 0.15) is 11.9 Å². The Balaban J connectivity index is 2.37. The fourth-order valence-corrected chi connectivity index (χ4v) is 1.60. The van der Waals surface area contributed by atoms with E-state index < -0.39 is 0 Å². The van der Waals surface area contributed by atoms with Gasteiger partial charge in [-0.15, -0.1) is 0 Å². The third kappa shape index (κ3) is 2.06. The van der Waals surface area contributed by atoms with Crippen molar-refractivity contribution in [3.8, 4) is 6.07 Å². The second-order valence-corrected chi connectivity index (χ2v) is 3.87. The third-order valence-electron chi connectivity index (χ3n) is 2.60. The van der Waals surface area contributed by atoms with Crippen LogP contribution < -0.4 is 11.4 Å². The van der Waals surface area contributed by atoms with E-state index in [9.17, 15) is 4.79 Å². The molecule has 0 radical (unpaired) electrons. The zero-order valence-electron chi connectivity index (χ0n) is 9.40. The minimum absolute atomic E-state index is 0.113. The number of aryl methyl sites for hydroxylation is 1. The van der Waals surface area contributed by atoms with Crippen molar-refractivity contribution < 1.29 is 0 Å². The van der Waals surface area contributed by atoms with Gasteiger partial charge in [-0.05, 0) is 12.5 Å². The van der Waals surface area contributed by atoms with Crippen molar-refractivity contribution in [1.82, 2.24) is 9.55 Å². The lowest BCUT2D eigenvalue weighted by atomic mass is 10.1. The highest BCUT2D eigenvalue weighted by atomic mass is 16.1. The topological polar surface area (TPSA) is 87.6 Å². The van der Waals surface area contributed by atoms with Crippen LogP contribution in [0.2, 0.25) is 0 Å². The largest absolute Gasteiger partial charge is 0.383 e. The quantitative estimate of drug-likeness (QED) is 0.803. The first-order valence-corrected chi connectivity index (χ1v) is 5.15. The lowest BCUT2D eigenvalue weighted by Gasteiger charge is -2.04. The Hall–Kier alpha value is -2.48. The van der Waals surface area contributed by atoms with Crippen LogP contribution in [0.25, 0.3) is 0 Å². The lowest BCUT2D eigenvalue weighted by Crippen LogP contribution is -2.19. The minimum Gasteiger partial charge on any atom is -0.383 e. The van der Waals surface area contributed by atoms with Gasteiger partial charge in [-0.3, -0.25) is 9.55 Å². The van der Waals surface area contributed by atoms with Crippen LogP contribution in [0.4, 0.5) is 5.82 Å². The number of nitrogens with one attached hydrogen (secondary N) is 1. The van der Waals surface area contributed by atoms with Gasteiger partial charge in [0.15, 0.2) is 5.69 Å². The SMILES string of the molecule is Cc1ccc(Cn2c(N)c(C#N)[nH]c2=O)cc1. The first-order valence-electron chi connectivity index (χ1n) is 5.15. The van der Waals surface area contributed by atoms with Crippen molar-refractivity contribution in [3.63, 3.8) is 0 Å². The molecule has 86 valence electrons. The number of nitrogens with two attached hydrogens (primary N) is 1. The van der Waals surface area contributed by atoms with Crippen molar-refractivity contribution in [1.29, 1.82) is 5.26 Å². The number of hydrogen-bond acceptors (Lipinski definition) is 3. The molecule has 0 aliphatic heterocycles. The molecule has 0 saturated heterocycles. The first kappa shape index (κ1) is 11.0. The molecular formula is C12H12N4O. The second kappa shape index (κ2) is 4.18. The van der Waals surface area contributed by atoms with Gasteiger partial charge in [-0.1, -0.05) is 29.8 Å². The van der Waals surface area contributed by atoms with Gasteiger partial charge < -0.3 is 5.73 Å². The third-order valence-corrected chi connectivity index (χ3v) is 2.60. The summed E-state index contributed by atoms with van der Waals surface area (Å²) in [4.78, 5) is 14.0. The van der Waals surface area contributed by atoms with Gasteiger partial charge in [0.2, 0.25) is 0 Å². The second-order valence-electron chi connectivity index (χ2n) is 3.87. The Morgan fingerprint density at radius 2 is 2.06 bits per heavy atom. The maximum atomic E-state index is 11.6. The summed E-state index contributed by atoms with van der Waals surface area (Å²) in [6.07, 6.45) is 0. The molecule has 0 aliphatic rings. The molecule has 0 aliphatic carbocycles. The minimum atomic E-state index is -0.361. The number of aromatic nitrogens is 2. The molecule has 3 N–H and O–H groups in total. The van der Waals surface area contributed by atoms with Crippen LogP contribution in [0, 0.1) is 18.3 Å². The Bertz CT molecular complexity index is 628. The molecular weight excluding hydrogens is 216 g/mol. The molecule has 5 nitrogen and oxygen atoms in total. The van der Waals surface area contributed by atoms with Crippen LogP contribution in [0.5, 0.6) is 0 Å². The molecule has 0 amide bonds.